The van der Waals surface area contributed by atoms with Gasteiger partial charge in [0.25, 0.3) is 5.91 Å². The Balaban J connectivity index is 1.53. The topological polar surface area (TPSA) is 47.6 Å². The summed E-state index contributed by atoms with van der Waals surface area (Å²) in [6.45, 7) is 2.24. The van der Waals surface area contributed by atoms with Gasteiger partial charge in [-0.25, -0.2) is 0 Å². The number of halogens is 1. The zero-order chi connectivity index (χ0) is 19.8. The number of benzene rings is 3. The molecule has 0 aliphatic heterocycles. The van der Waals surface area contributed by atoms with Crippen LogP contribution in [0.25, 0.3) is 0 Å². The number of rotatable bonds is 8. The fraction of sp³-hybridized carbons (Fsp3) is 0.174. The molecule has 0 fully saturated rings. The number of amides is 1. The minimum absolute atomic E-state index is 0.263. The van der Waals surface area contributed by atoms with Crippen LogP contribution in [0.5, 0.6) is 11.5 Å². The van der Waals surface area contributed by atoms with Crippen LogP contribution in [0, 0.1) is 0 Å². The van der Waals surface area contributed by atoms with Crippen molar-refractivity contribution in [3.05, 3.63) is 89.4 Å². The maximum Gasteiger partial charge on any atom is 0.265 e. The molecule has 0 spiro atoms. The second-order valence-electron chi connectivity index (χ2n) is 6.29. The number of hydrogen-bond acceptors (Lipinski definition) is 3. The molecule has 0 aliphatic rings. The zero-order valence-electron chi connectivity index (χ0n) is 15.6. The molecule has 3 rings (SSSR count). The second-order valence-corrected chi connectivity index (χ2v) is 6.70. The predicted molar refractivity (Wildman–Crippen MR) is 112 cm³/mol. The molecule has 1 atom stereocenters. The molecule has 5 heteroatoms. The van der Waals surface area contributed by atoms with Gasteiger partial charge in [-0.05, 0) is 36.8 Å². The highest BCUT2D eigenvalue weighted by atomic mass is 35.5. The first-order chi connectivity index (χ1) is 13.6. The predicted octanol–water partition coefficient (Wildman–Crippen LogP) is 5.37. The monoisotopic (exact) mass is 395 g/mol. The molecule has 1 amide bonds. The lowest BCUT2D eigenvalue weighted by atomic mass is 10.2. The zero-order valence-corrected chi connectivity index (χ0v) is 16.4. The van der Waals surface area contributed by atoms with Crippen molar-refractivity contribution in [2.75, 3.05) is 11.9 Å². The van der Waals surface area contributed by atoms with E-state index in [1.165, 1.54) is 5.56 Å². The van der Waals surface area contributed by atoms with Crippen molar-refractivity contribution >= 4 is 23.2 Å². The lowest BCUT2D eigenvalue weighted by Crippen LogP contribution is -2.30. The van der Waals surface area contributed by atoms with E-state index in [0.717, 1.165) is 6.42 Å². The Hall–Kier alpha value is -2.98. The quantitative estimate of drug-likeness (QED) is 0.558. The molecule has 3 aromatic rings. The first-order valence-corrected chi connectivity index (χ1v) is 9.48. The van der Waals surface area contributed by atoms with Gasteiger partial charge in [-0.3, -0.25) is 4.79 Å². The van der Waals surface area contributed by atoms with Crippen LogP contribution >= 0.6 is 11.6 Å². The molecule has 144 valence electrons. The smallest absolute Gasteiger partial charge is 0.265 e. The molecule has 0 saturated carbocycles. The summed E-state index contributed by atoms with van der Waals surface area (Å²) in [5, 5.41) is 3.31. The average Bonchev–Trinajstić information content (AvgIpc) is 2.71. The second kappa shape index (κ2) is 9.81. The van der Waals surface area contributed by atoms with Crippen molar-refractivity contribution < 1.29 is 14.3 Å². The Morgan fingerprint density at radius 3 is 2.54 bits per heavy atom. The van der Waals surface area contributed by atoms with Gasteiger partial charge in [-0.15, -0.1) is 0 Å². The van der Waals surface area contributed by atoms with Crippen LogP contribution in [0.4, 0.5) is 5.69 Å². The van der Waals surface area contributed by atoms with E-state index in [-0.39, 0.29) is 5.91 Å². The lowest BCUT2D eigenvalue weighted by molar-refractivity contribution is -0.122. The minimum atomic E-state index is -0.692. The molecule has 0 bridgehead atoms. The van der Waals surface area contributed by atoms with Crippen LogP contribution in [0.1, 0.15) is 12.5 Å². The fourth-order valence-corrected chi connectivity index (χ4v) is 2.80. The summed E-state index contributed by atoms with van der Waals surface area (Å²) in [6, 6.07) is 24.5. The largest absolute Gasteiger partial charge is 0.493 e. The number of para-hydroxylation sites is 1. The number of carbonyl (C=O) groups excluding carboxylic acids is 1. The molecule has 3 aromatic carbocycles. The summed E-state index contributed by atoms with van der Waals surface area (Å²) in [6.07, 6.45) is 0.128. The van der Waals surface area contributed by atoms with E-state index in [4.69, 9.17) is 21.1 Å². The molecule has 0 aliphatic carbocycles. The van der Waals surface area contributed by atoms with Gasteiger partial charge < -0.3 is 14.8 Å². The first kappa shape index (κ1) is 19.8. The highest BCUT2D eigenvalue weighted by Crippen LogP contribution is 2.24. The summed E-state index contributed by atoms with van der Waals surface area (Å²) in [4.78, 5) is 12.4. The van der Waals surface area contributed by atoms with Gasteiger partial charge in [-0.2, -0.15) is 0 Å². The average molecular weight is 396 g/mol. The number of nitrogens with one attached hydrogen (secondary N) is 1. The molecular weight excluding hydrogens is 374 g/mol. The maximum atomic E-state index is 12.4. The number of ether oxygens (including phenoxy) is 2. The van der Waals surface area contributed by atoms with E-state index >= 15 is 0 Å². The third kappa shape index (κ3) is 5.76. The summed E-state index contributed by atoms with van der Waals surface area (Å²) >= 11 is 6.07. The van der Waals surface area contributed by atoms with E-state index < -0.39 is 6.10 Å². The Morgan fingerprint density at radius 1 is 1.00 bits per heavy atom. The Kier molecular flexibility index (Phi) is 6.93. The highest BCUT2D eigenvalue weighted by Gasteiger charge is 2.16. The lowest BCUT2D eigenvalue weighted by Gasteiger charge is -2.16. The molecule has 0 aromatic heterocycles. The molecule has 4 nitrogen and oxygen atoms in total. The molecule has 0 saturated heterocycles. The number of hydrogen-bond donors (Lipinski definition) is 1. The van der Waals surface area contributed by atoms with Crippen molar-refractivity contribution in [1.29, 1.82) is 0 Å². The van der Waals surface area contributed by atoms with E-state index in [9.17, 15) is 4.79 Å². The van der Waals surface area contributed by atoms with Crippen LogP contribution in [-0.2, 0) is 11.2 Å². The normalized spacial score (nSPS) is 11.5. The van der Waals surface area contributed by atoms with E-state index in [0.29, 0.717) is 28.8 Å². The van der Waals surface area contributed by atoms with Gasteiger partial charge in [-0.1, -0.05) is 60.1 Å². The SMILES string of the molecule is CC(Oc1ccccc1Cl)C(=O)Nc1cccc(OCCc2ccccc2)c1. The van der Waals surface area contributed by atoms with Gasteiger partial charge in [0.05, 0.1) is 11.6 Å². The Morgan fingerprint density at radius 2 is 1.75 bits per heavy atom. The molecule has 28 heavy (non-hydrogen) atoms. The van der Waals surface area contributed by atoms with Crippen LogP contribution in [0.2, 0.25) is 5.02 Å². The molecule has 1 N–H and O–H groups in total. The fourth-order valence-electron chi connectivity index (χ4n) is 2.62. The van der Waals surface area contributed by atoms with Crippen molar-refractivity contribution in [1.82, 2.24) is 0 Å². The van der Waals surface area contributed by atoms with Crippen molar-refractivity contribution in [3.8, 4) is 11.5 Å². The van der Waals surface area contributed by atoms with Crippen LogP contribution in [-0.4, -0.2) is 18.6 Å². The number of anilines is 1. The number of carbonyl (C=O) groups is 1. The van der Waals surface area contributed by atoms with Gasteiger partial charge >= 0.3 is 0 Å². The molecular formula is C23H22ClNO3. The van der Waals surface area contributed by atoms with Crippen LogP contribution in [0.3, 0.4) is 0 Å². The molecule has 1 unspecified atom stereocenters. The van der Waals surface area contributed by atoms with Crippen LogP contribution < -0.4 is 14.8 Å². The van der Waals surface area contributed by atoms with E-state index in [1.807, 2.05) is 48.5 Å². The van der Waals surface area contributed by atoms with Gasteiger partial charge in [0.2, 0.25) is 0 Å². The summed E-state index contributed by atoms with van der Waals surface area (Å²) in [5.74, 6) is 0.916. The van der Waals surface area contributed by atoms with E-state index in [1.54, 1.807) is 25.1 Å². The summed E-state index contributed by atoms with van der Waals surface area (Å²) in [7, 11) is 0. The minimum Gasteiger partial charge on any atom is -0.493 e. The standard InChI is InChI=1S/C23H22ClNO3/c1-17(28-22-13-6-5-12-21(22)24)23(26)25-19-10-7-11-20(16-19)27-15-14-18-8-3-2-4-9-18/h2-13,16-17H,14-15H2,1H3,(H,25,26). The summed E-state index contributed by atoms with van der Waals surface area (Å²) in [5.41, 5.74) is 1.87. The third-order valence-electron chi connectivity index (χ3n) is 4.11. The maximum absolute atomic E-state index is 12.4. The van der Waals surface area contributed by atoms with Gasteiger partial charge in [0.15, 0.2) is 6.10 Å². The third-order valence-corrected chi connectivity index (χ3v) is 4.43. The Labute approximate surface area is 170 Å². The molecule has 0 heterocycles. The van der Waals surface area contributed by atoms with E-state index in [2.05, 4.69) is 17.4 Å². The van der Waals surface area contributed by atoms with Crippen molar-refractivity contribution in [2.45, 2.75) is 19.4 Å². The van der Waals surface area contributed by atoms with Crippen molar-refractivity contribution in [3.63, 3.8) is 0 Å². The Bertz CT molecular complexity index is 914. The summed E-state index contributed by atoms with van der Waals surface area (Å²) < 4.78 is 11.5. The van der Waals surface area contributed by atoms with Crippen LogP contribution in [0.15, 0.2) is 78.9 Å². The van der Waals surface area contributed by atoms with Gasteiger partial charge in [0, 0.05) is 18.2 Å². The highest BCUT2D eigenvalue weighted by molar-refractivity contribution is 6.32. The molecule has 0 radical (unpaired) electrons. The first-order valence-electron chi connectivity index (χ1n) is 9.10. The van der Waals surface area contributed by atoms with Crippen molar-refractivity contribution in [2.24, 2.45) is 0 Å². The van der Waals surface area contributed by atoms with Gasteiger partial charge in [0.1, 0.15) is 11.5 Å².